The van der Waals surface area contributed by atoms with Gasteiger partial charge in [0.15, 0.2) is 0 Å². The van der Waals surface area contributed by atoms with Crippen LogP contribution in [0.3, 0.4) is 0 Å². The maximum Gasteiger partial charge on any atom is 0.337 e. The van der Waals surface area contributed by atoms with Gasteiger partial charge in [-0.05, 0) is 46.7 Å². The lowest BCUT2D eigenvalue weighted by Gasteiger charge is -2.04. The Morgan fingerprint density at radius 2 is 2.15 bits per heavy atom. The van der Waals surface area contributed by atoms with Crippen molar-refractivity contribution in [2.45, 2.75) is 0 Å². The van der Waals surface area contributed by atoms with Gasteiger partial charge < -0.3 is 10.1 Å². The number of thiophene rings is 1. The van der Waals surface area contributed by atoms with Gasteiger partial charge in [0.1, 0.15) is 0 Å². The van der Waals surface area contributed by atoms with E-state index in [0.717, 1.165) is 5.56 Å². The normalized spacial score (nSPS) is 10.4. The summed E-state index contributed by atoms with van der Waals surface area (Å²) in [4.78, 5) is 23.1. The summed E-state index contributed by atoms with van der Waals surface area (Å²) in [6.07, 6.45) is 3.18. The maximum atomic E-state index is 11.7. The summed E-state index contributed by atoms with van der Waals surface area (Å²) in [5, 5.41) is 6.58. The van der Waals surface area contributed by atoms with Crippen LogP contribution in [0.2, 0.25) is 0 Å². The molecule has 5 heteroatoms. The molecule has 1 aromatic carbocycles. The molecule has 0 saturated heterocycles. The largest absolute Gasteiger partial charge is 0.465 e. The van der Waals surface area contributed by atoms with E-state index in [1.54, 1.807) is 41.7 Å². The van der Waals surface area contributed by atoms with Crippen molar-refractivity contribution < 1.29 is 14.3 Å². The first kappa shape index (κ1) is 14.0. The summed E-state index contributed by atoms with van der Waals surface area (Å²) >= 11 is 1.57. The van der Waals surface area contributed by atoms with Gasteiger partial charge in [0.25, 0.3) is 0 Å². The lowest BCUT2D eigenvalue weighted by molar-refractivity contribution is -0.111. The molecule has 0 unspecified atom stereocenters. The fourth-order valence-corrected chi connectivity index (χ4v) is 2.20. The molecule has 0 fully saturated rings. The van der Waals surface area contributed by atoms with Crippen LogP contribution in [-0.4, -0.2) is 19.0 Å². The van der Waals surface area contributed by atoms with Crippen molar-refractivity contribution >= 4 is 35.0 Å². The molecular formula is C15H13NO3S. The topological polar surface area (TPSA) is 55.4 Å². The van der Waals surface area contributed by atoms with Crippen molar-refractivity contribution in [2.24, 2.45) is 0 Å². The molecule has 0 aliphatic rings. The number of nitrogens with one attached hydrogen (secondary N) is 1. The van der Waals surface area contributed by atoms with Gasteiger partial charge in [-0.1, -0.05) is 6.07 Å². The number of esters is 1. The van der Waals surface area contributed by atoms with Gasteiger partial charge in [-0.25, -0.2) is 4.79 Å². The minimum Gasteiger partial charge on any atom is -0.465 e. The predicted molar refractivity (Wildman–Crippen MR) is 79.8 cm³/mol. The summed E-state index contributed by atoms with van der Waals surface area (Å²) in [5.74, 6) is -0.687. The smallest absolute Gasteiger partial charge is 0.337 e. The van der Waals surface area contributed by atoms with E-state index >= 15 is 0 Å². The Balaban J connectivity index is 2.02. The first-order chi connectivity index (χ1) is 9.69. The van der Waals surface area contributed by atoms with Gasteiger partial charge in [-0.2, -0.15) is 11.3 Å². The minimum atomic E-state index is -0.435. The van der Waals surface area contributed by atoms with Crippen molar-refractivity contribution in [1.29, 1.82) is 0 Å². The highest BCUT2D eigenvalue weighted by atomic mass is 32.1. The van der Waals surface area contributed by atoms with Crippen molar-refractivity contribution in [3.8, 4) is 0 Å². The zero-order valence-electron chi connectivity index (χ0n) is 10.8. The zero-order valence-corrected chi connectivity index (χ0v) is 11.6. The molecule has 1 aromatic heterocycles. The molecule has 4 nitrogen and oxygen atoms in total. The molecule has 0 spiro atoms. The number of benzene rings is 1. The second-order valence-electron chi connectivity index (χ2n) is 3.95. The van der Waals surface area contributed by atoms with Gasteiger partial charge in [-0.15, -0.1) is 0 Å². The number of rotatable bonds is 4. The monoisotopic (exact) mass is 287 g/mol. The Kier molecular flexibility index (Phi) is 4.68. The van der Waals surface area contributed by atoms with E-state index in [1.807, 2.05) is 16.8 Å². The fourth-order valence-electron chi connectivity index (χ4n) is 1.57. The number of hydrogen-bond donors (Lipinski definition) is 1. The minimum absolute atomic E-state index is 0.252. The van der Waals surface area contributed by atoms with Crippen molar-refractivity contribution in [3.63, 3.8) is 0 Å². The average Bonchev–Trinajstić information content (AvgIpc) is 2.98. The third-order valence-corrected chi connectivity index (χ3v) is 3.22. The van der Waals surface area contributed by atoms with E-state index in [0.29, 0.717) is 11.3 Å². The fraction of sp³-hybridized carbons (Fsp3) is 0.0667. The van der Waals surface area contributed by atoms with Crippen LogP contribution in [0.25, 0.3) is 6.08 Å². The second-order valence-corrected chi connectivity index (χ2v) is 4.73. The first-order valence-electron chi connectivity index (χ1n) is 5.88. The molecule has 2 aromatic rings. The highest BCUT2D eigenvalue weighted by molar-refractivity contribution is 7.08. The van der Waals surface area contributed by atoms with Crippen LogP contribution in [0.1, 0.15) is 15.9 Å². The number of methoxy groups -OCH3 is 1. The molecular weight excluding hydrogens is 274 g/mol. The highest BCUT2D eigenvalue weighted by Crippen LogP contribution is 2.12. The quantitative estimate of drug-likeness (QED) is 0.694. The van der Waals surface area contributed by atoms with Crippen LogP contribution >= 0.6 is 11.3 Å². The number of anilines is 1. The maximum absolute atomic E-state index is 11.7. The molecule has 0 atom stereocenters. The Bertz CT molecular complexity index is 632. The van der Waals surface area contributed by atoms with Gasteiger partial charge in [-0.3, -0.25) is 4.79 Å². The lowest BCUT2D eigenvalue weighted by Crippen LogP contribution is -2.09. The summed E-state index contributed by atoms with van der Waals surface area (Å²) < 4.78 is 4.63. The number of carbonyl (C=O) groups is 2. The molecule has 1 N–H and O–H groups in total. The molecule has 20 heavy (non-hydrogen) atoms. The van der Waals surface area contributed by atoms with Crippen molar-refractivity contribution in [1.82, 2.24) is 0 Å². The van der Waals surface area contributed by atoms with Crippen LogP contribution in [0, 0.1) is 0 Å². The molecule has 1 amide bonds. The van der Waals surface area contributed by atoms with Crippen molar-refractivity contribution in [2.75, 3.05) is 12.4 Å². The molecule has 0 aliphatic heterocycles. The van der Waals surface area contributed by atoms with Gasteiger partial charge in [0.05, 0.1) is 12.7 Å². The number of ether oxygens (including phenoxy) is 1. The van der Waals surface area contributed by atoms with E-state index in [-0.39, 0.29) is 5.91 Å². The Morgan fingerprint density at radius 1 is 1.30 bits per heavy atom. The summed E-state index contributed by atoms with van der Waals surface area (Å²) in [7, 11) is 1.32. The van der Waals surface area contributed by atoms with Crippen LogP contribution in [0.4, 0.5) is 5.69 Å². The third-order valence-electron chi connectivity index (χ3n) is 2.52. The molecule has 1 heterocycles. The Labute approximate surface area is 120 Å². The molecule has 0 aliphatic carbocycles. The van der Waals surface area contributed by atoms with Crippen LogP contribution < -0.4 is 5.32 Å². The number of amides is 1. The van der Waals surface area contributed by atoms with E-state index in [9.17, 15) is 9.59 Å². The van der Waals surface area contributed by atoms with Gasteiger partial charge >= 0.3 is 5.97 Å². The average molecular weight is 287 g/mol. The first-order valence-corrected chi connectivity index (χ1v) is 6.83. The van der Waals surface area contributed by atoms with Crippen LogP contribution in [0.15, 0.2) is 47.2 Å². The number of hydrogen-bond acceptors (Lipinski definition) is 4. The van der Waals surface area contributed by atoms with Crippen LogP contribution in [-0.2, 0) is 9.53 Å². The van der Waals surface area contributed by atoms with Gasteiger partial charge in [0, 0.05) is 11.8 Å². The number of carbonyl (C=O) groups excluding carboxylic acids is 2. The zero-order chi connectivity index (χ0) is 14.4. The molecule has 0 saturated carbocycles. The highest BCUT2D eigenvalue weighted by Gasteiger charge is 2.06. The summed E-state index contributed by atoms with van der Waals surface area (Å²) in [5.41, 5.74) is 1.92. The summed E-state index contributed by atoms with van der Waals surface area (Å²) in [6, 6.07) is 8.52. The summed E-state index contributed by atoms with van der Waals surface area (Å²) in [6.45, 7) is 0. The Morgan fingerprint density at radius 3 is 2.85 bits per heavy atom. The van der Waals surface area contributed by atoms with E-state index in [1.165, 1.54) is 13.2 Å². The van der Waals surface area contributed by atoms with E-state index in [2.05, 4.69) is 10.1 Å². The van der Waals surface area contributed by atoms with Crippen LogP contribution in [0.5, 0.6) is 0 Å². The third kappa shape index (κ3) is 3.80. The standard InChI is InChI=1S/C15H13NO3S/c1-19-15(18)12-3-2-4-13(9-12)16-14(17)6-5-11-7-8-20-10-11/h2-10H,1H3,(H,16,17)/b6-5+. The Hall–Kier alpha value is -2.40. The molecule has 2 rings (SSSR count). The van der Waals surface area contributed by atoms with Gasteiger partial charge in [0.2, 0.25) is 5.91 Å². The lowest BCUT2D eigenvalue weighted by atomic mass is 10.2. The van der Waals surface area contributed by atoms with E-state index in [4.69, 9.17) is 0 Å². The molecule has 0 radical (unpaired) electrons. The van der Waals surface area contributed by atoms with Crippen molar-refractivity contribution in [3.05, 3.63) is 58.3 Å². The molecule has 0 bridgehead atoms. The second kappa shape index (κ2) is 6.68. The van der Waals surface area contributed by atoms with E-state index < -0.39 is 5.97 Å². The molecule has 102 valence electrons. The predicted octanol–water partition coefficient (Wildman–Crippen LogP) is 3.19. The SMILES string of the molecule is COC(=O)c1cccc(NC(=O)/C=C/c2ccsc2)c1.